The van der Waals surface area contributed by atoms with Gasteiger partial charge >= 0.3 is 0 Å². The van der Waals surface area contributed by atoms with Crippen molar-refractivity contribution in [3.05, 3.63) is 28.2 Å². The van der Waals surface area contributed by atoms with Gasteiger partial charge in [-0.25, -0.2) is 0 Å². The van der Waals surface area contributed by atoms with Crippen LogP contribution < -0.4 is 0 Å². The van der Waals surface area contributed by atoms with Gasteiger partial charge in [0.15, 0.2) is 0 Å². The highest BCUT2D eigenvalue weighted by atomic mass is 79.9. The van der Waals surface area contributed by atoms with Crippen molar-refractivity contribution in [2.24, 2.45) is 0 Å². The number of ether oxygens (including phenoxy) is 1. The van der Waals surface area contributed by atoms with Crippen LogP contribution in [0.5, 0.6) is 5.75 Å². The molecule has 0 aliphatic heterocycles. The first-order valence-corrected chi connectivity index (χ1v) is 6.53. The molecule has 0 amide bonds. The second-order valence-corrected chi connectivity index (χ2v) is 5.12. The first-order valence-electron chi connectivity index (χ1n) is 5.74. The molecular formula is C13H20BrNO2. The zero-order valence-electron chi connectivity index (χ0n) is 10.6. The lowest BCUT2D eigenvalue weighted by Crippen LogP contribution is -2.24. The van der Waals surface area contributed by atoms with Crippen LogP contribution in [0.1, 0.15) is 24.9 Å². The van der Waals surface area contributed by atoms with Gasteiger partial charge < -0.3 is 9.84 Å². The molecule has 0 fully saturated rings. The lowest BCUT2D eigenvalue weighted by molar-refractivity contribution is 0.168. The Labute approximate surface area is 112 Å². The molecule has 0 aliphatic rings. The van der Waals surface area contributed by atoms with E-state index in [0.29, 0.717) is 5.75 Å². The predicted octanol–water partition coefficient (Wildman–Crippen LogP) is 3.18. The molecule has 3 nitrogen and oxygen atoms in total. The number of rotatable bonds is 6. The van der Waals surface area contributed by atoms with Crippen LogP contribution in [0.2, 0.25) is 0 Å². The van der Waals surface area contributed by atoms with Crippen LogP contribution in [0, 0.1) is 0 Å². The van der Waals surface area contributed by atoms with Crippen molar-refractivity contribution in [3.63, 3.8) is 0 Å². The Morgan fingerprint density at radius 2 is 2.18 bits per heavy atom. The van der Waals surface area contributed by atoms with Gasteiger partial charge in [0.25, 0.3) is 0 Å². The highest BCUT2D eigenvalue weighted by Crippen LogP contribution is 2.30. The lowest BCUT2D eigenvalue weighted by Gasteiger charge is -2.25. The van der Waals surface area contributed by atoms with E-state index in [4.69, 9.17) is 4.74 Å². The second-order valence-electron chi connectivity index (χ2n) is 4.21. The van der Waals surface area contributed by atoms with Crippen LogP contribution >= 0.6 is 15.9 Å². The molecule has 0 saturated heterocycles. The van der Waals surface area contributed by atoms with Gasteiger partial charge in [-0.2, -0.15) is 0 Å². The minimum atomic E-state index is 0.185. The van der Waals surface area contributed by atoms with Crippen LogP contribution in [-0.4, -0.2) is 37.3 Å². The van der Waals surface area contributed by atoms with E-state index in [1.165, 1.54) is 0 Å². The normalized spacial score (nSPS) is 13.0. The molecule has 1 aromatic rings. The zero-order valence-corrected chi connectivity index (χ0v) is 12.2. The Kier molecular flexibility index (Phi) is 5.95. The van der Waals surface area contributed by atoms with Crippen LogP contribution in [0.3, 0.4) is 0 Å². The molecule has 0 spiro atoms. The smallest absolute Gasteiger partial charge is 0.120 e. The summed E-state index contributed by atoms with van der Waals surface area (Å²) in [5.41, 5.74) is 0.944. The minimum absolute atomic E-state index is 0.185. The third-order valence-electron chi connectivity index (χ3n) is 2.96. The average Bonchev–Trinajstić information content (AvgIpc) is 2.31. The lowest BCUT2D eigenvalue weighted by atomic mass is 10.1. The van der Waals surface area contributed by atoms with E-state index >= 15 is 0 Å². The van der Waals surface area contributed by atoms with E-state index in [0.717, 1.165) is 29.6 Å². The largest absolute Gasteiger partial charge is 0.508 e. The van der Waals surface area contributed by atoms with Crippen LogP contribution in [0.15, 0.2) is 22.7 Å². The monoisotopic (exact) mass is 301 g/mol. The number of halogens is 1. The summed E-state index contributed by atoms with van der Waals surface area (Å²) in [5.74, 6) is 0.347. The summed E-state index contributed by atoms with van der Waals surface area (Å²) in [6.45, 7) is 3.80. The van der Waals surface area contributed by atoms with Gasteiger partial charge in [0, 0.05) is 36.3 Å². The number of hydrogen-bond donors (Lipinski definition) is 1. The molecule has 1 atom stereocenters. The van der Waals surface area contributed by atoms with Crippen molar-refractivity contribution in [1.29, 1.82) is 0 Å². The standard InChI is InChI=1S/C13H20BrNO2/c1-10(15(2)7-4-8-17-3)12-9-11(14)5-6-13(12)16/h5-6,9-10,16H,4,7-8H2,1-3H3. The van der Waals surface area contributed by atoms with Gasteiger partial charge in [0.2, 0.25) is 0 Å². The first kappa shape index (κ1) is 14.5. The molecule has 1 N–H and O–H groups in total. The number of phenolic OH excluding ortho intramolecular Hbond substituents is 1. The summed E-state index contributed by atoms with van der Waals surface area (Å²) in [7, 11) is 3.77. The van der Waals surface area contributed by atoms with Crippen molar-refractivity contribution in [2.45, 2.75) is 19.4 Å². The molecule has 0 heterocycles. The Hall–Kier alpha value is -0.580. The maximum atomic E-state index is 9.85. The van der Waals surface area contributed by atoms with E-state index in [1.54, 1.807) is 13.2 Å². The van der Waals surface area contributed by atoms with Crippen molar-refractivity contribution < 1.29 is 9.84 Å². The van der Waals surface area contributed by atoms with Crippen molar-refractivity contribution >= 4 is 15.9 Å². The number of hydrogen-bond acceptors (Lipinski definition) is 3. The SMILES string of the molecule is COCCCN(C)C(C)c1cc(Br)ccc1O. The average molecular weight is 302 g/mol. The van der Waals surface area contributed by atoms with Crippen molar-refractivity contribution in [1.82, 2.24) is 4.90 Å². The summed E-state index contributed by atoms with van der Waals surface area (Å²) in [4.78, 5) is 2.21. The Bertz CT molecular complexity index is 357. The fraction of sp³-hybridized carbons (Fsp3) is 0.538. The number of aromatic hydroxyl groups is 1. The highest BCUT2D eigenvalue weighted by molar-refractivity contribution is 9.10. The molecule has 96 valence electrons. The third-order valence-corrected chi connectivity index (χ3v) is 3.45. The molecule has 17 heavy (non-hydrogen) atoms. The van der Waals surface area contributed by atoms with E-state index in [9.17, 15) is 5.11 Å². The topological polar surface area (TPSA) is 32.7 Å². The molecule has 0 aromatic heterocycles. The Morgan fingerprint density at radius 3 is 2.82 bits per heavy atom. The van der Waals surface area contributed by atoms with Crippen LogP contribution in [-0.2, 0) is 4.74 Å². The zero-order chi connectivity index (χ0) is 12.8. The minimum Gasteiger partial charge on any atom is -0.508 e. The van der Waals surface area contributed by atoms with E-state index < -0.39 is 0 Å². The number of methoxy groups -OCH3 is 1. The van der Waals surface area contributed by atoms with Crippen molar-refractivity contribution in [3.8, 4) is 5.75 Å². The molecule has 4 heteroatoms. The maximum Gasteiger partial charge on any atom is 0.120 e. The van der Waals surface area contributed by atoms with Gasteiger partial charge in [-0.1, -0.05) is 15.9 Å². The van der Waals surface area contributed by atoms with Gasteiger partial charge in [0.1, 0.15) is 5.75 Å². The second kappa shape index (κ2) is 6.99. The molecule has 0 aliphatic carbocycles. The summed E-state index contributed by atoms with van der Waals surface area (Å²) in [5, 5.41) is 9.85. The van der Waals surface area contributed by atoms with Gasteiger partial charge in [0.05, 0.1) is 0 Å². The summed E-state index contributed by atoms with van der Waals surface area (Å²) in [6.07, 6.45) is 0.992. The van der Waals surface area contributed by atoms with Gasteiger partial charge in [-0.05, 0) is 38.6 Å². The molecule has 1 unspecified atom stereocenters. The van der Waals surface area contributed by atoms with Gasteiger partial charge in [-0.3, -0.25) is 4.90 Å². The molecule has 1 aromatic carbocycles. The fourth-order valence-corrected chi connectivity index (χ4v) is 2.13. The number of benzene rings is 1. The molecule has 0 bridgehead atoms. The van der Waals surface area contributed by atoms with E-state index in [-0.39, 0.29) is 6.04 Å². The first-order chi connectivity index (χ1) is 8.06. The summed E-state index contributed by atoms with van der Waals surface area (Å²) in [6, 6.07) is 5.71. The molecule has 0 radical (unpaired) electrons. The summed E-state index contributed by atoms with van der Waals surface area (Å²) < 4.78 is 6.03. The highest BCUT2D eigenvalue weighted by Gasteiger charge is 2.15. The van der Waals surface area contributed by atoms with Crippen molar-refractivity contribution in [2.75, 3.05) is 27.3 Å². The third kappa shape index (κ3) is 4.30. The van der Waals surface area contributed by atoms with E-state index in [1.807, 2.05) is 12.1 Å². The fourth-order valence-electron chi connectivity index (χ4n) is 1.75. The Balaban J connectivity index is 2.67. The molecule has 1 rings (SSSR count). The van der Waals surface area contributed by atoms with Crippen LogP contribution in [0.4, 0.5) is 0 Å². The molecule has 0 saturated carbocycles. The predicted molar refractivity (Wildman–Crippen MR) is 73.3 cm³/mol. The summed E-state index contributed by atoms with van der Waals surface area (Å²) >= 11 is 3.43. The Morgan fingerprint density at radius 1 is 1.47 bits per heavy atom. The van der Waals surface area contributed by atoms with Gasteiger partial charge in [-0.15, -0.1) is 0 Å². The molecular weight excluding hydrogens is 282 g/mol. The number of phenols is 1. The maximum absolute atomic E-state index is 9.85. The number of nitrogens with zero attached hydrogens (tertiary/aromatic N) is 1. The van der Waals surface area contributed by atoms with Crippen LogP contribution in [0.25, 0.3) is 0 Å². The van der Waals surface area contributed by atoms with E-state index in [2.05, 4.69) is 34.8 Å². The quantitative estimate of drug-likeness (QED) is 0.819.